The van der Waals surface area contributed by atoms with Gasteiger partial charge in [-0.2, -0.15) is 18.3 Å². The summed E-state index contributed by atoms with van der Waals surface area (Å²) in [6.45, 7) is 3.37. The molecule has 1 saturated heterocycles. The minimum absolute atomic E-state index is 0.00481. The van der Waals surface area contributed by atoms with Crippen LogP contribution < -0.4 is 0 Å². The molecule has 0 bridgehead atoms. The van der Waals surface area contributed by atoms with Crippen molar-refractivity contribution in [1.29, 1.82) is 0 Å². The fraction of sp³-hybridized carbons (Fsp3) is 0.591. The van der Waals surface area contributed by atoms with Gasteiger partial charge in [0.25, 0.3) is 5.91 Å². The van der Waals surface area contributed by atoms with Crippen molar-refractivity contribution in [2.24, 2.45) is 5.92 Å². The van der Waals surface area contributed by atoms with Crippen LogP contribution in [0, 0.1) is 5.92 Å². The summed E-state index contributed by atoms with van der Waals surface area (Å²) in [6, 6.07) is 0. The zero-order chi connectivity index (χ0) is 23.7. The number of aromatic carboxylic acids is 1. The summed E-state index contributed by atoms with van der Waals surface area (Å²) >= 11 is 0. The van der Waals surface area contributed by atoms with Crippen molar-refractivity contribution in [3.8, 4) is 11.3 Å². The summed E-state index contributed by atoms with van der Waals surface area (Å²) in [4.78, 5) is 25.4. The predicted molar refractivity (Wildman–Crippen MR) is 107 cm³/mol. The number of furan rings is 1. The summed E-state index contributed by atoms with van der Waals surface area (Å²) in [5.74, 6) is -3.08. The molecule has 0 spiro atoms. The van der Waals surface area contributed by atoms with Crippen LogP contribution in [-0.4, -0.2) is 55.5 Å². The molecule has 1 saturated carbocycles. The highest BCUT2D eigenvalue weighted by Gasteiger charge is 2.50. The van der Waals surface area contributed by atoms with Gasteiger partial charge in [0.1, 0.15) is 16.9 Å². The molecule has 2 N–H and O–H groups in total. The molecule has 1 atom stereocenters. The van der Waals surface area contributed by atoms with Gasteiger partial charge in [-0.3, -0.25) is 9.48 Å². The number of rotatable bonds is 4. The van der Waals surface area contributed by atoms with E-state index >= 15 is 0 Å². The molecule has 2 aromatic heterocycles. The molecule has 3 aliphatic rings. The first-order chi connectivity index (χ1) is 15.5. The average molecular weight is 467 g/mol. The second-order valence-corrected chi connectivity index (χ2v) is 9.43. The molecule has 5 rings (SSSR count). The Balaban J connectivity index is 1.38. The van der Waals surface area contributed by atoms with Crippen LogP contribution in [-0.2, 0) is 23.9 Å². The number of carbonyl (C=O) groups excluding carboxylic acids is 1. The highest BCUT2D eigenvalue weighted by Crippen LogP contribution is 2.48. The monoisotopic (exact) mass is 467 g/mol. The van der Waals surface area contributed by atoms with Crippen molar-refractivity contribution in [2.45, 2.75) is 63.3 Å². The standard InChI is InChI=1S/C22H24F3N3O5/c1-11-8-14-15(16(22(23,24)25)18(33-14)19(29)30)17-13(11)10-28(26-17)9-12-2-6-27(7-3-12)20(31)21(32)4-5-21/h10-12,32H,2-9H2,1H3,(H,29,30). The number of nitrogens with zero attached hydrogens (tertiary/aromatic N) is 3. The first-order valence-corrected chi connectivity index (χ1v) is 11.0. The zero-order valence-electron chi connectivity index (χ0n) is 18.0. The van der Waals surface area contributed by atoms with Gasteiger partial charge < -0.3 is 19.5 Å². The summed E-state index contributed by atoms with van der Waals surface area (Å²) in [5.41, 5.74) is -1.99. The number of likely N-dealkylation sites (tertiary alicyclic amines) is 1. The van der Waals surface area contributed by atoms with Gasteiger partial charge in [-0.1, -0.05) is 6.92 Å². The lowest BCUT2D eigenvalue weighted by Crippen LogP contribution is -2.45. The predicted octanol–water partition coefficient (Wildman–Crippen LogP) is 3.28. The van der Waals surface area contributed by atoms with Crippen molar-refractivity contribution in [2.75, 3.05) is 13.1 Å². The smallest absolute Gasteiger partial charge is 0.421 e. The third kappa shape index (κ3) is 3.71. The lowest BCUT2D eigenvalue weighted by molar-refractivity contribution is -0.144. The fourth-order valence-corrected chi connectivity index (χ4v) is 4.98. The number of carboxylic acids is 1. The first-order valence-electron chi connectivity index (χ1n) is 11.0. The van der Waals surface area contributed by atoms with Gasteiger partial charge in [0.2, 0.25) is 5.76 Å². The van der Waals surface area contributed by atoms with Gasteiger partial charge in [-0.15, -0.1) is 0 Å². The number of aromatic nitrogens is 2. The van der Waals surface area contributed by atoms with Gasteiger partial charge in [0.15, 0.2) is 0 Å². The number of carboxylic acid groups (broad SMARTS) is 1. The van der Waals surface area contributed by atoms with Crippen LogP contribution in [0.5, 0.6) is 0 Å². The highest BCUT2D eigenvalue weighted by molar-refractivity contribution is 5.91. The molecular formula is C22H24F3N3O5. The number of amides is 1. The van der Waals surface area contributed by atoms with E-state index in [9.17, 15) is 33.0 Å². The van der Waals surface area contributed by atoms with Gasteiger partial charge in [-0.25, -0.2) is 4.79 Å². The SMILES string of the molecule is CC1Cc2oc(C(=O)O)c(C(F)(F)F)c2-c2nn(CC3CCN(C(=O)C4(O)CC4)CC3)cc21. The van der Waals surface area contributed by atoms with E-state index in [-0.39, 0.29) is 41.2 Å². The first kappa shape index (κ1) is 22.0. The molecule has 2 fully saturated rings. The third-order valence-corrected chi connectivity index (χ3v) is 6.98. The van der Waals surface area contributed by atoms with E-state index in [0.29, 0.717) is 50.9 Å². The molecule has 3 heterocycles. The van der Waals surface area contributed by atoms with Crippen LogP contribution >= 0.6 is 0 Å². The molecule has 2 aliphatic carbocycles. The molecule has 2 aromatic rings. The summed E-state index contributed by atoms with van der Waals surface area (Å²) < 4.78 is 48.1. The minimum Gasteiger partial charge on any atom is -0.475 e. The number of halogens is 3. The molecule has 8 nitrogen and oxygen atoms in total. The lowest BCUT2D eigenvalue weighted by Gasteiger charge is -2.33. The van der Waals surface area contributed by atoms with Crippen LogP contribution in [0.15, 0.2) is 10.6 Å². The lowest BCUT2D eigenvalue weighted by atomic mass is 9.86. The Hall–Kier alpha value is -2.82. The van der Waals surface area contributed by atoms with Crippen molar-refractivity contribution in [3.05, 3.63) is 28.8 Å². The van der Waals surface area contributed by atoms with Crippen molar-refractivity contribution >= 4 is 11.9 Å². The third-order valence-electron chi connectivity index (χ3n) is 6.98. The van der Waals surface area contributed by atoms with E-state index in [1.54, 1.807) is 15.8 Å². The number of fused-ring (bicyclic) bond motifs is 3. The second kappa shape index (κ2) is 7.34. The number of hydrogen-bond donors (Lipinski definition) is 2. The molecule has 11 heteroatoms. The van der Waals surface area contributed by atoms with Gasteiger partial charge in [-0.05, 0) is 37.5 Å². The Morgan fingerprint density at radius 2 is 1.94 bits per heavy atom. The van der Waals surface area contributed by atoms with E-state index in [1.807, 2.05) is 6.92 Å². The van der Waals surface area contributed by atoms with Gasteiger partial charge >= 0.3 is 12.1 Å². The fourth-order valence-electron chi connectivity index (χ4n) is 4.98. The van der Waals surface area contributed by atoms with Crippen LogP contribution in [0.25, 0.3) is 11.3 Å². The Labute approximate surface area is 187 Å². The molecule has 1 aliphatic heterocycles. The number of piperidine rings is 1. The Kier molecular flexibility index (Phi) is 4.89. The number of aliphatic hydroxyl groups is 1. The topological polar surface area (TPSA) is 109 Å². The quantitative estimate of drug-likeness (QED) is 0.715. The Bertz CT molecular complexity index is 1120. The normalized spacial score (nSPS) is 22.1. The maximum Gasteiger partial charge on any atom is 0.421 e. The summed E-state index contributed by atoms with van der Waals surface area (Å²) in [5, 5.41) is 23.7. The minimum atomic E-state index is -4.89. The van der Waals surface area contributed by atoms with E-state index in [4.69, 9.17) is 4.42 Å². The molecule has 178 valence electrons. The summed E-state index contributed by atoms with van der Waals surface area (Å²) in [7, 11) is 0. The molecule has 1 amide bonds. The highest BCUT2D eigenvalue weighted by atomic mass is 19.4. The number of carbonyl (C=O) groups is 2. The van der Waals surface area contributed by atoms with E-state index in [1.165, 1.54) is 0 Å². The number of hydrogen-bond acceptors (Lipinski definition) is 5. The Morgan fingerprint density at radius 1 is 1.27 bits per heavy atom. The molecule has 1 unspecified atom stereocenters. The Morgan fingerprint density at radius 3 is 2.52 bits per heavy atom. The zero-order valence-corrected chi connectivity index (χ0v) is 18.0. The molecule has 0 aromatic carbocycles. The van der Waals surface area contributed by atoms with Crippen LogP contribution in [0.1, 0.15) is 66.0 Å². The molecule has 33 heavy (non-hydrogen) atoms. The summed E-state index contributed by atoms with van der Waals surface area (Å²) in [6.07, 6.45) is -0.581. The maximum absolute atomic E-state index is 13.8. The van der Waals surface area contributed by atoms with Crippen molar-refractivity contribution < 1.29 is 37.4 Å². The van der Waals surface area contributed by atoms with Crippen LogP contribution in [0.2, 0.25) is 0 Å². The number of alkyl halides is 3. The maximum atomic E-state index is 13.8. The van der Waals surface area contributed by atoms with E-state index < -0.39 is 29.1 Å². The van der Waals surface area contributed by atoms with Crippen LogP contribution in [0.3, 0.4) is 0 Å². The largest absolute Gasteiger partial charge is 0.475 e. The van der Waals surface area contributed by atoms with E-state index in [0.717, 1.165) is 0 Å². The van der Waals surface area contributed by atoms with Crippen molar-refractivity contribution in [3.63, 3.8) is 0 Å². The second-order valence-electron chi connectivity index (χ2n) is 9.43. The van der Waals surface area contributed by atoms with Gasteiger partial charge in [0, 0.05) is 37.8 Å². The molecular weight excluding hydrogens is 443 g/mol. The van der Waals surface area contributed by atoms with Gasteiger partial charge in [0.05, 0.1) is 11.3 Å². The van der Waals surface area contributed by atoms with Crippen molar-refractivity contribution in [1.82, 2.24) is 14.7 Å². The van der Waals surface area contributed by atoms with E-state index in [2.05, 4.69) is 5.10 Å². The average Bonchev–Trinajstić information content (AvgIpc) is 3.17. The van der Waals surface area contributed by atoms with Crippen LogP contribution in [0.4, 0.5) is 13.2 Å². The molecule has 0 radical (unpaired) electrons.